The minimum atomic E-state index is -3.56. The Kier molecular flexibility index (Phi) is 5.52. The quantitative estimate of drug-likeness (QED) is 0.890. The van der Waals surface area contributed by atoms with E-state index in [1.165, 1.54) is 4.31 Å². The second-order valence-corrected chi connectivity index (χ2v) is 8.88. The van der Waals surface area contributed by atoms with E-state index in [2.05, 4.69) is 5.32 Å². The molecule has 0 aliphatic rings. The van der Waals surface area contributed by atoms with E-state index in [0.717, 1.165) is 11.8 Å². The van der Waals surface area contributed by atoms with Crippen LogP contribution in [0.1, 0.15) is 36.7 Å². The first-order valence-electron chi connectivity index (χ1n) is 8.01. The van der Waals surface area contributed by atoms with Gasteiger partial charge in [0.2, 0.25) is 10.0 Å². The van der Waals surface area contributed by atoms with E-state index in [1.807, 2.05) is 51.1 Å². The van der Waals surface area contributed by atoms with Gasteiger partial charge in [0.15, 0.2) is 0 Å². The molecular formula is C19H24N2O3S. The average Bonchev–Trinajstić information content (AvgIpc) is 2.51. The molecular weight excluding hydrogens is 336 g/mol. The van der Waals surface area contributed by atoms with Gasteiger partial charge in [-0.15, -0.1) is 0 Å². The predicted octanol–water partition coefficient (Wildman–Crippen LogP) is 3.18. The van der Waals surface area contributed by atoms with Crippen molar-refractivity contribution >= 4 is 21.6 Å². The molecule has 0 heterocycles. The molecule has 1 amide bonds. The molecule has 0 spiro atoms. The molecule has 0 fully saturated rings. The molecule has 0 unspecified atom stereocenters. The van der Waals surface area contributed by atoms with Crippen molar-refractivity contribution in [2.24, 2.45) is 0 Å². The molecule has 0 aromatic heterocycles. The monoisotopic (exact) mass is 360 g/mol. The van der Waals surface area contributed by atoms with Gasteiger partial charge in [0.05, 0.1) is 24.1 Å². The molecule has 0 aliphatic carbocycles. The Morgan fingerprint density at radius 3 is 2.12 bits per heavy atom. The number of nitrogens with zero attached hydrogens (tertiary/aromatic N) is 1. The van der Waals surface area contributed by atoms with Crippen molar-refractivity contribution < 1.29 is 13.2 Å². The number of nitrogens with one attached hydrogen (secondary N) is 1. The van der Waals surface area contributed by atoms with Crippen molar-refractivity contribution in [1.82, 2.24) is 5.32 Å². The second kappa shape index (κ2) is 7.27. The molecule has 25 heavy (non-hydrogen) atoms. The van der Waals surface area contributed by atoms with Crippen LogP contribution >= 0.6 is 0 Å². The fraction of sp³-hybridized carbons (Fsp3) is 0.316. The zero-order valence-electron chi connectivity index (χ0n) is 15.0. The number of hydrogen-bond acceptors (Lipinski definition) is 3. The molecule has 0 radical (unpaired) electrons. The molecule has 1 N–H and O–H groups in total. The van der Waals surface area contributed by atoms with Crippen LogP contribution in [0.2, 0.25) is 0 Å². The maximum Gasteiger partial charge on any atom is 0.253 e. The highest BCUT2D eigenvalue weighted by Gasteiger charge is 2.25. The van der Waals surface area contributed by atoms with Crippen molar-refractivity contribution in [3.05, 3.63) is 65.7 Å². The normalized spacial score (nSPS) is 11.8. The Balaban J connectivity index is 2.47. The van der Waals surface area contributed by atoms with E-state index >= 15 is 0 Å². The summed E-state index contributed by atoms with van der Waals surface area (Å²) >= 11 is 0. The van der Waals surface area contributed by atoms with Crippen LogP contribution in [0.15, 0.2) is 54.6 Å². The first-order chi connectivity index (χ1) is 11.6. The molecule has 0 aliphatic heterocycles. The van der Waals surface area contributed by atoms with Gasteiger partial charge in [0.1, 0.15) is 0 Å². The van der Waals surface area contributed by atoms with E-state index < -0.39 is 15.6 Å². The molecule has 2 rings (SSSR count). The van der Waals surface area contributed by atoms with Gasteiger partial charge >= 0.3 is 0 Å². The summed E-state index contributed by atoms with van der Waals surface area (Å²) in [6.07, 6.45) is 1.15. The number of anilines is 1. The zero-order valence-corrected chi connectivity index (χ0v) is 15.8. The third-order valence-corrected chi connectivity index (χ3v) is 4.60. The van der Waals surface area contributed by atoms with Crippen molar-refractivity contribution in [1.29, 1.82) is 0 Å². The summed E-state index contributed by atoms with van der Waals surface area (Å²) < 4.78 is 26.0. The van der Waals surface area contributed by atoms with Crippen molar-refractivity contribution in [2.75, 3.05) is 10.6 Å². The molecule has 2 aromatic carbocycles. The van der Waals surface area contributed by atoms with Gasteiger partial charge < -0.3 is 5.32 Å². The number of para-hydroxylation sites is 1. The Labute approximate surface area is 149 Å². The molecule has 5 nitrogen and oxygen atoms in total. The maximum atomic E-state index is 12.6. The maximum absolute atomic E-state index is 12.6. The number of carbonyl (C=O) groups is 1. The Morgan fingerprint density at radius 2 is 1.56 bits per heavy atom. The lowest BCUT2D eigenvalue weighted by molar-refractivity contribution is 0.0920. The van der Waals surface area contributed by atoms with Gasteiger partial charge in [-0.25, -0.2) is 8.42 Å². The summed E-state index contributed by atoms with van der Waals surface area (Å²) in [7, 11) is -3.56. The highest BCUT2D eigenvalue weighted by molar-refractivity contribution is 7.92. The zero-order chi connectivity index (χ0) is 18.7. The number of hydrogen-bond donors (Lipinski definition) is 1. The lowest BCUT2D eigenvalue weighted by Crippen LogP contribution is -2.41. The van der Waals surface area contributed by atoms with Crippen LogP contribution in [0.25, 0.3) is 0 Å². The number of benzene rings is 2. The Bertz CT molecular complexity index is 840. The van der Waals surface area contributed by atoms with Crippen LogP contribution in [0, 0.1) is 0 Å². The van der Waals surface area contributed by atoms with Crippen molar-refractivity contribution in [2.45, 2.75) is 32.9 Å². The minimum Gasteiger partial charge on any atom is -0.347 e. The van der Waals surface area contributed by atoms with Gasteiger partial charge in [-0.3, -0.25) is 9.10 Å². The van der Waals surface area contributed by atoms with Gasteiger partial charge in [0, 0.05) is 5.54 Å². The fourth-order valence-corrected chi connectivity index (χ4v) is 3.32. The summed E-state index contributed by atoms with van der Waals surface area (Å²) in [4.78, 5) is 12.6. The minimum absolute atomic E-state index is 0.166. The van der Waals surface area contributed by atoms with Gasteiger partial charge in [-0.1, -0.05) is 42.5 Å². The van der Waals surface area contributed by atoms with Crippen LogP contribution in [-0.2, 0) is 16.6 Å². The number of carbonyl (C=O) groups excluding carboxylic acids is 1. The summed E-state index contributed by atoms with van der Waals surface area (Å²) in [6, 6.07) is 16.0. The van der Waals surface area contributed by atoms with Crippen LogP contribution in [-0.4, -0.2) is 26.1 Å². The third-order valence-electron chi connectivity index (χ3n) is 3.48. The Morgan fingerprint density at radius 1 is 1.00 bits per heavy atom. The number of amides is 1. The van der Waals surface area contributed by atoms with Gasteiger partial charge in [-0.2, -0.15) is 0 Å². The fourth-order valence-electron chi connectivity index (χ4n) is 2.42. The first kappa shape index (κ1) is 19.0. The van der Waals surface area contributed by atoms with Crippen molar-refractivity contribution in [3.63, 3.8) is 0 Å². The third kappa shape index (κ3) is 5.32. The molecule has 134 valence electrons. The average molecular weight is 360 g/mol. The molecule has 6 heteroatoms. The first-order valence-corrected chi connectivity index (χ1v) is 9.86. The van der Waals surface area contributed by atoms with Crippen LogP contribution in [0.3, 0.4) is 0 Å². The number of sulfonamides is 1. The highest BCUT2D eigenvalue weighted by atomic mass is 32.2. The van der Waals surface area contributed by atoms with E-state index in [-0.39, 0.29) is 12.5 Å². The largest absolute Gasteiger partial charge is 0.347 e. The molecule has 0 bridgehead atoms. The summed E-state index contributed by atoms with van der Waals surface area (Å²) in [6.45, 7) is 5.81. The predicted molar refractivity (Wildman–Crippen MR) is 101 cm³/mol. The topological polar surface area (TPSA) is 66.5 Å². The summed E-state index contributed by atoms with van der Waals surface area (Å²) in [5.74, 6) is -0.301. The number of rotatable bonds is 5. The lowest BCUT2D eigenvalue weighted by Gasteiger charge is -2.26. The van der Waals surface area contributed by atoms with Crippen LogP contribution < -0.4 is 9.62 Å². The second-order valence-electron chi connectivity index (χ2n) is 6.98. The van der Waals surface area contributed by atoms with Crippen LogP contribution in [0.5, 0.6) is 0 Å². The standard InChI is InChI=1S/C19H24N2O3S/c1-19(2,3)20-18(22)16-12-8-9-13-17(16)21(25(4,23)24)14-15-10-6-5-7-11-15/h5-13H,14H2,1-4H3,(H,20,22). The summed E-state index contributed by atoms with van der Waals surface area (Å²) in [5, 5.41) is 2.89. The van der Waals surface area contributed by atoms with E-state index in [9.17, 15) is 13.2 Å². The molecule has 0 saturated heterocycles. The molecule has 0 atom stereocenters. The lowest BCUT2D eigenvalue weighted by atomic mass is 10.1. The van der Waals surface area contributed by atoms with E-state index in [4.69, 9.17) is 0 Å². The van der Waals surface area contributed by atoms with E-state index in [1.54, 1.807) is 24.3 Å². The smallest absolute Gasteiger partial charge is 0.253 e. The van der Waals surface area contributed by atoms with E-state index in [0.29, 0.717) is 11.3 Å². The SMILES string of the molecule is CC(C)(C)NC(=O)c1ccccc1N(Cc1ccccc1)S(C)(=O)=O. The molecule has 0 saturated carbocycles. The van der Waals surface area contributed by atoms with Crippen molar-refractivity contribution in [3.8, 4) is 0 Å². The van der Waals surface area contributed by atoms with Gasteiger partial charge in [-0.05, 0) is 38.5 Å². The Hall–Kier alpha value is -2.34. The van der Waals surface area contributed by atoms with Crippen LogP contribution in [0.4, 0.5) is 5.69 Å². The molecule has 2 aromatic rings. The van der Waals surface area contributed by atoms with Gasteiger partial charge in [0.25, 0.3) is 5.91 Å². The summed E-state index contributed by atoms with van der Waals surface area (Å²) in [5.41, 5.74) is 1.13. The highest BCUT2D eigenvalue weighted by Crippen LogP contribution is 2.25.